The number of carbonyl (C=O) groups excluding carboxylic acids is 2. The highest BCUT2D eigenvalue weighted by atomic mass is 16.5. The van der Waals surface area contributed by atoms with Crippen molar-refractivity contribution in [2.24, 2.45) is 0 Å². The van der Waals surface area contributed by atoms with Crippen LogP contribution in [0.2, 0.25) is 0 Å². The number of amides is 1. The molecule has 5 nitrogen and oxygen atoms in total. The molecule has 0 radical (unpaired) electrons. The molecular weight excluding hydrogens is 316 g/mol. The Balaban J connectivity index is 2.01. The second-order valence-corrected chi connectivity index (χ2v) is 5.92. The number of nitrogens with one attached hydrogen (secondary N) is 2. The van der Waals surface area contributed by atoms with Crippen molar-refractivity contribution in [3.8, 4) is 5.75 Å². The van der Waals surface area contributed by atoms with Crippen LogP contribution in [0.5, 0.6) is 5.75 Å². The zero-order chi connectivity index (χ0) is 17.6. The maximum absolute atomic E-state index is 12.6. The van der Waals surface area contributed by atoms with Gasteiger partial charge in [-0.3, -0.25) is 9.59 Å². The number of Topliss-reactive ketones (excluding diaryl/α,β-unsaturated/α-hetero) is 1. The standard InChI is InChI=1S/C20H16N2O3/c1-11(23)18(15-10-21-16-6-4-3-5-13(15)16)19-14-8-7-12(25-2)9-17(14)22-20(19)24/h3-10,21H,1-2H3,(H,22,24)/b19-18+. The zero-order valence-corrected chi connectivity index (χ0v) is 13.8. The number of para-hydroxylation sites is 1. The number of anilines is 1. The first-order chi connectivity index (χ1) is 12.1. The average molecular weight is 332 g/mol. The minimum absolute atomic E-state index is 0.154. The summed E-state index contributed by atoms with van der Waals surface area (Å²) in [6.45, 7) is 1.49. The first kappa shape index (κ1) is 15.2. The maximum atomic E-state index is 12.6. The van der Waals surface area contributed by atoms with Gasteiger partial charge in [-0.2, -0.15) is 0 Å². The van der Waals surface area contributed by atoms with Gasteiger partial charge in [-0.15, -0.1) is 0 Å². The van der Waals surface area contributed by atoms with Crippen LogP contribution in [0.3, 0.4) is 0 Å². The summed E-state index contributed by atoms with van der Waals surface area (Å²) in [5.41, 5.74) is 3.83. The summed E-state index contributed by atoms with van der Waals surface area (Å²) in [4.78, 5) is 28.3. The number of aromatic amines is 1. The number of methoxy groups -OCH3 is 1. The number of carbonyl (C=O) groups is 2. The zero-order valence-electron chi connectivity index (χ0n) is 13.8. The minimum atomic E-state index is -0.279. The predicted octanol–water partition coefficient (Wildman–Crippen LogP) is 3.63. The Morgan fingerprint density at radius 2 is 1.92 bits per heavy atom. The van der Waals surface area contributed by atoms with Gasteiger partial charge in [0.2, 0.25) is 0 Å². The smallest absolute Gasteiger partial charge is 0.257 e. The van der Waals surface area contributed by atoms with Gasteiger partial charge >= 0.3 is 0 Å². The molecule has 0 unspecified atom stereocenters. The van der Waals surface area contributed by atoms with Gasteiger partial charge in [0.25, 0.3) is 5.91 Å². The fourth-order valence-electron chi connectivity index (χ4n) is 3.31. The van der Waals surface area contributed by atoms with E-state index >= 15 is 0 Å². The van der Waals surface area contributed by atoms with E-state index in [9.17, 15) is 9.59 Å². The number of aromatic nitrogens is 1. The van der Waals surface area contributed by atoms with E-state index in [-0.39, 0.29) is 11.7 Å². The highest BCUT2D eigenvalue weighted by Crippen LogP contribution is 2.40. The number of rotatable bonds is 3. The van der Waals surface area contributed by atoms with Crippen LogP contribution in [-0.2, 0) is 9.59 Å². The Kier molecular flexibility index (Phi) is 3.42. The second-order valence-electron chi connectivity index (χ2n) is 5.92. The van der Waals surface area contributed by atoms with Crippen LogP contribution < -0.4 is 10.1 Å². The molecule has 5 heteroatoms. The summed E-state index contributed by atoms with van der Waals surface area (Å²) in [6.07, 6.45) is 1.78. The van der Waals surface area contributed by atoms with Crippen molar-refractivity contribution in [1.82, 2.24) is 4.98 Å². The SMILES string of the molecule is COc1ccc2c(c1)NC(=O)/C2=C(\C(C)=O)c1c[nH]c2ccccc12. The molecule has 0 fully saturated rings. The van der Waals surface area contributed by atoms with Gasteiger partial charge in [0.05, 0.1) is 18.4 Å². The summed E-state index contributed by atoms with van der Waals surface area (Å²) in [6, 6.07) is 13.1. The topological polar surface area (TPSA) is 71.2 Å². The molecule has 3 aromatic rings. The quantitative estimate of drug-likeness (QED) is 0.720. The molecule has 1 aromatic heterocycles. The fraction of sp³-hybridized carbons (Fsp3) is 0.100. The molecule has 1 aliphatic heterocycles. The molecule has 1 aliphatic rings. The number of allylic oxidation sites excluding steroid dienone is 1. The lowest BCUT2D eigenvalue weighted by Crippen LogP contribution is -2.09. The lowest BCUT2D eigenvalue weighted by Gasteiger charge is -2.08. The van der Waals surface area contributed by atoms with E-state index in [1.807, 2.05) is 24.3 Å². The molecular formula is C20H16N2O3. The van der Waals surface area contributed by atoms with Crippen molar-refractivity contribution in [2.75, 3.05) is 12.4 Å². The lowest BCUT2D eigenvalue weighted by molar-refractivity contribution is -0.113. The molecule has 0 saturated carbocycles. The predicted molar refractivity (Wildman–Crippen MR) is 97.4 cm³/mol. The van der Waals surface area contributed by atoms with Gasteiger partial charge < -0.3 is 15.0 Å². The number of benzene rings is 2. The summed E-state index contributed by atoms with van der Waals surface area (Å²) >= 11 is 0. The Morgan fingerprint density at radius 1 is 1.12 bits per heavy atom. The molecule has 0 bridgehead atoms. The van der Waals surface area contributed by atoms with Crippen molar-refractivity contribution >= 4 is 39.4 Å². The molecule has 124 valence electrons. The van der Waals surface area contributed by atoms with Crippen LogP contribution in [0, 0.1) is 0 Å². The van der Waals surface area contributed by atoms with Crippen molar-refractivity contribution in [3.05, 3.63) is 59.8 Å². The van der Waals surface area contributed by atoms with Crippen LogP contribution in [0.1, 0.15) is 18.1 Å². The number of ether oxygens (including phenoxy) is 1. The van der Waals surface area contributed by atoms with E-state index in [0.29, 0.717) is 28.1 Å². The molecule has 0 aliphatic carbocycles. The molecule has 0 atom stereocenters. The van der Waals surface area contributed by atoms with Crippen LogP contribution in [0.25, 0.3) is 22.0 Å². The average Bonchev–Trinajstić information content (AvgIpc) is 3.16. The van der Waals surface area contributed by atoms with Gasteiger partial charge in [0.1, 0.15) is 5.75 Å². The minimum Gasteiger partial charge on any atom is -0.497 e. The van der Waals surface area contributed by atoms with E-state index in [2.05, 4.69) is 10.3 Å². The van der Waals surface area contributed by atoms with Crippen molar-refractivity contribution in [2.45, 2.75) is 6.92 Å². The molecule has 0 saturated heterocycles. The van der Waals surface area contributed by atoms with Crippen molar-refractivity contribution < 1.29 is 14.3 Å². The second kappa shape index (κ2) is 5.63. The largest absolute Gasteiger partial charge is 0.497 e. The summed E-state index contributed by atoms with van der Waals surface area (Å²) in [5.74, 6) is 0.217. The third-order valence-electron chi connectivity index (χ3n) is 4.43. The maximum Gasteiger partial charge on any atom is 0.257 e. The van der Waals surface area contributed by atoms with Gasteiger partial charge in [0, 0.05) is 39.9 Å². The van der Waals surface area contributed by atoms with Crippen molar-refractivity contribution in [3.63, 3.8) is 0 Å². The molecule has 4 rings (SSSR count). The monoisotopic (exact) mass is 332 g/mol. The van der Waals surface area contributed by atoms with Crippen molar-refractivity contribution in [1.29, 1.82) is 0 Å². The summed E-state index contributed by atoms with van der Waals surface area (Å²) in [5, 5.41) is 3.74. The Hall–Kier alpha value is -3.34. The third kappa shape index (κ3) is 2.32. The highest BCUT2D eigenvalue weighted by molar-refractivity contribution is 6.46. The number of fused-ring (bicyclic) bond motifs is 2. The van der Waals surface area contributed by atoms with E-state index in [4.69, 9.17) is 4.74 Å². The van der Waals surface area contributed by atoms with Gasteiger partial charge in [-0.05, 0) is 25.1 Å². The van der Waals surface area contributed by atoms with E-state index < -0.39 is 0 Å². The van der Waals surface area contributed by atoms with Crippen LogP contribution in [0.15, 0.2) is 48.7 Å². The molecule has 1 amide bonds. The third-order valence-corrected chi connectivity index (χ3v) is 4.43. The fourth-order valence-corrected chi connectivity index (χ4v) is 3.31. The molecule has 2 N–H and O–H groups in total. The highest BCUT2D eigenvalue weighted by Gasteiger charge is 2.30. The number of hydrogen-bond acceptors (Lipinski definition) is 3. The van der Waals surface area contributed by atoms with Gasteiger partial charge in [-0.1, -0.05) is 18.2 Å². The van der Waals surface area contributed by atoms with E-state index in [0.717, 1.165) is 16.5 Å². The Bertz CT molecular complexity index is 1060. The van der Waals surface area contributed by atoms with Crippen LogP contribution in [0.4, 0.5) is 5.69 Å². The molecule has 0 spiro atoms. The molecule has 25 heavy (non-hydrogen) atoms. The summed E-state index contributed by atoms with van der Waals surface area (Å²) < 4.78 is 5.21. The van der Waals surface area contributed by atoms with Crippen LogP contribution >= 0.6 is 0 Å². The Morgan fingerprint density at radius 3 is 2.68 bits per heavy atom. The van der Waals surface area contributed by atoms with E-state index in [1.165, 1.54) is 6.92 Å². The van der Waals surface area contributed by atoms with Gasteiger partial charge in [0.15, 0.2) is 5.78 Å². The first-order valence-electron chi connectivity index (χ1n) is 7.91. The normalized spacial score (nSPS) is 15.0. The number of H-pyrrole nitrogens is 1. The summed E-state index contributed by atoms with van der Waals surface area (Å²) in [7, 11) is 1.57. The van der Waals surface area contributed by atoms with E-state index in [1.54, 1.807) is 31.5 Å². The number of hydrogen-bond donors (Lipinski definition) is 2. The Labute approximate surface area is 144 Å². The number of ketones is 1. The lowest BCUT2D eigenvalue weighted by atomic mass is 9.92. The first-order valence-corrected chi connectivity index (χ1v) is 7.91. The van der Waals surface area contributed by atoms with Gasteiger partial charge in [-0.25, -0.2) is 0 Å². The molecule has 2 aromatic carbocycles. The molecule has 2 heterocycles. The van der Waals surface area contributed by atoms with Crippen LogP contribution in [-0.4, -0.2) is 23.8 Å².